The van der Waals surface area contributed by atoms with Crippen LogP contribution in [-0.2, 0) is 0 Å². The molecule has 16 heteroatoms. The van der Waals surface area contributed by atoms with E-state index in [2.05, 4.69) is 30.5 Å². The average molecular weight is 403 g/mol. The van der Waals surface area contributed by atoms with Gasteiger partial charge in [-0.05, 0) is 0 Å². The van der Waals surface area contributed by atoms with E-state index < -0.39 is 21.8 Å². The van der Waals surface area contributed by atoms with Crippen LogP contribution in [0.2, 0.25) is 0 Å². The third-order valence-electron chi connectivity index (χ3n) is 1.16. The third-order valence-corrected chi connectivity index (χ3v) is 1.68. The molecule has 0 nitrogen and oxygen atoms in total. The molecule has 0 spiro atoms. The summed E-state index contributed by atoms with van der Waals surface area (Å²) in [6, 6.07) is 10.4. The molecule has 0 aliphatic heterocycles. The molecule has 1 aromatic rings. The van der Waals surface area contributed by atoms with Gasteiger partial charge in [0, 0.05) is 0 Å². The van der Waals surface area contributed by atoms with Crippen molar-refractivity contribution in [1.29, 1.82) is 0 Å². The Hall–Kier alpha value is -0.0488. The maximum absolute atomic E-state index is 9.75. The molecule has 0 saturated carbocycles. The van der Waals surface area contributed by atoms with E-state index in [0.717, 1.165) is 49.0 Å². The molecule has 0 saturated heterocycles. The van der Waals surface area contributed by atoms with Gasteiger partial charge >= 0.3 is 113 Å². The first kappa shape index (κ1) is 28.7. The van der Waals surface area contributed by atoms with Gasteiger partial charge in [-0.25, -0.2) is 0 Å². The molecular weight excluding hydrogens is 396 g/mol. The Morgan fingerprint density at radius 3 is 1.04 bits per heavy atom. The molecule has 0 aliphatic carbocycles. The number of rotatable bonds is 1. The summed E-state index contributed by atoms with van der Waals surface area (Å²) >= 11 is 0.836. The average Bonchev–Trinajstić information content (AvgIpc) is 2.23. The van der Waals surface area contributed by atoms with E-state index in [4.69, 9.17) is 0 Å². The van der Waals surface area contributed by atoms with E-state index in [9.17, 15) is 51.8 Å². The van der Waals surface area contributed by atoms with Crippen LogP contribution in [0.25, 0.3) is 6.08 Å². The monoisotopic (exact) mass is 403 g/mol. The summed E-state index contributed by atoms with van der Waals surface area (Å²) in [7, 11) is -18.0. The Labute approximate surface area is 163 Å². The van der Waals surface area contributed by atoms with Gasteiger partial charge < -0.3 is 51.8 Å². The zero-order chi connectivity index (χ0) is 20.0. The molecule has 0 unspecified atom stereocenters. The first-order valence-corrected chi connectivity index (χ1v) is 7.53. The Balaban J connectivity index is -0.000000259. The Morgan fingerprint density at radius 2 is 0.833 bits per heavy atom. The summed E-state index contributed by atoms with van der Waals surface area (Å²) < 4.78 is 119. The summed E-state index contributed by atoms with van der Waals surface area (Å²) in [5, 5.41) is 0. The first-order valence-electron chi connectivity index (χ1n) is 5.73. The summed E-state index contributed by atoms with van der Waals surface area (Å²) in [4.78, 5) is 0. The molecule has 0 aliphatic rings. The summed E-state index contributed by atoms with van der Waals surface area (Å²) in [6.45, 7) is 0. The molecule has 0 aromatic heterocycles. The van der Waals surface area contributed by atoms with Crippen LogP contribution in [0.4, 0.5) is 51.8 Å². The van der Waals surface area contributed by atoms with E-state index in [1.165, 1.54) is 5.56 Å². The van der Waals surface area contributed by atoms with E-state index in [1.54, 1.807) is 0 Å². The molecule has 0 atom stereocenters. The predicted octanol–water partition coefficient (Wildman–Crippen LogP) is 5.73. The summed E-state index contributed by atoms with van der Waals surface area (Å²) in [6.07, 6.45) is 2.17. The van der Waals surface area contributed by atoms with Crippen LogP contribution < -0.4 is 0 Å². The van der Waals surface area contributed by atoms with Crippen LogP contribution >= 0.6 is 0 Å². The Morgan fingerprint density at radius 1 is 0.583 bits per heavy atom. The normalized spacial score (nSPS) is 11.4. The topological polar surface area (TPSA) is 0 Å². The van der Waals surface area contributed by atoms with Gasteiger partial charge in [-0.1, -0.05) is 0 Å². The number of hydrogen-bond donors (Lipinski definition) is 0. The van der Waals surface area contributed by atoms with Crippen molar-refractivity contribution in [1.82, 2.24) is 0 Å². The minimum absolute atomic E-state index is 0.836. The number of benzene rings is 1. The van der Waals surface area contributed by atoms with Crippen LogP contribution in [0.5, 0.6) is 0 Å². The minimum atomic E-state index is -6.00. The number of hydrogen-bond acceptors (Lipinski definition) is 0. The fraction of sp³-hybridized carbons (Fsp3) is 0. The maximum atomic E-state index is 9.75. The molecule has 0 fully saturated rings. The van der Waals surface area contributed by atoms with Gasteiger partial charge in [0.05, 0.1) is 0 Å². The second-order valence-electron chi connectivity index (χ2n) is 3.40. The standard InChI is InChI=1S/C8H7.3BF4.K/c1-2-8-6-4-3-5-7-8;3*2-1(3,4)5;/h1-7H;;;;/q;3*-1;. The van der Waals surface area contributed by atoms with Crippen LogP contribution in [0.1, 0.15) is 5.56 Å². The first-order chi connectivity index (χ1) is 10.4. The van der Waals surface area contributed by atoms with Crippen LogP contribution in [0.15, 0.2) is 30.5 Å². The SMILES string of the molecule is F[B-](F)(F)F.F[B-](F)(F)F.F[B-](F)(F)F.[K][CH]=Cc1ccccc1. The molecule has 0 radical (unpaired) electrons. The summed E-state index contributed by atoms with van der Waals surface area (Å²) in [5.41, 5.74) is 1.31. The second-order valence-corrected chi connectivity index (χ2v) is 4.44. The van der Waals surface area contributed by atoms with Crippen molar-refractivity contribution in [2.24, 2.45) is 0 Å². The van der Waals surface area contributed by atoms with E-state index in [-0.39, 0.29) is 0 Å². The molecule has 0 amide bonds. The second kappa shape index (κ2) is 14.2. The molecule has 0 heterocycles. The molecule has 136 valence electrons. The van der Waals surface area contributed by atoms with Crippen molar-refractivity contribution in [3.63, 3.8) is 0 Å². The van der Waals surface area contributed by atoms with Gasteiger partial charge in [0.2, 0.25) is 0 Å². The fourth-order valence-corrected chi connectivity index (χ4v) is 1.36. The predicted molar refractivity (Wildman–Crippen MR) is 71.8 cm³/mol. The fourth-order valence-electron chi connectivity index (χ4n) is 0.757. The van der Waals surface area contributed by atoms with Crippen LogP contribution in [-0.4, -0.2) is 70.7 Å². The van der Waals surface area contributed by atoms with Gasteiger partial charge in [-0.2, -0.15) is 0 Å². The van der Waals surface area contributed by atoms with E-state index in [0.29, 0.717) is 0 Å². The van der Waals surface area contributed by atoms with Crippen molar-refractivity contribution in [3.8, 4) is 0 Å². The van der Waals surface area contributed by atoms with E-state index in [1.807, 2.05) is 6.07 Å². The molecular formula is C8H7B3F12K-3. The molecule has 1 aromatic carbocycles. The quantitative estimate of drug-likeness (QED) is 0.416. The van der Waals surface area contributed by atoms with Crippen molar-refractivity contribution < 1.29 is 51.8 Å². The Kier molecular flexibility index (Phi) is 17.0. The van der Waals surface area contributed by atoms with Crippen LogP contribution in [0.3, 0.4) is 0 Å². The van der Waals surface area contributed by atoms with Crippen molar-refractivity contribution in [3.05, 3.63) is 36.1 Å². The molecule has 24 heavy (non-hydrogen) atoms. The van der Waals surface area contributed by atoms with Crippen molar-refractivity contribution in [2.75, 3.05) is 0 Å². The zero-order valence-corrected chi connectivity index (χ0v) is 14.9. The van der Waals surface area contributed by atoms with Crippen molar-refractivity contribution >= 4 is 76.8 Å². The molecule has 0 N–H and O–H groups in total. The van der Waals surface area contributed by atoms with Crippen LogP contribution in [0, 0.1) is 0 Å². The van der Waals surface area contributed by atoms with Gasteiger partial charge in [-0.15, -0.1) is 0 Å². The zero-order valence-electron chi connectivity index (χ0n) is 11.8. The summed E-state index contributed by atoms with van der Waals surface area (Å²) in [5.74, 6) is 0. The Bertz CT molecular complexity index is 380. The molecule has 0 bridgehead atoms. The van der Waals surface area contributed by atoms with E-state index >= 15 is 0 Å². The van der Waals surface area contributed by atoms with Gasteiger partial charge in [0.25, 0.3) is 0 Å². The van der Waals surface area contributed by atoms with Crippen molar-refractivity contribution in [2.45, 2.75) is 0 Å². The molecule has 1 rings (SSSR count). The third kappa shape index (κ3) is 80.3. The van der Waals surface area contributed by atoms with Gasteiger partial charge in [0.15, 0.2) is 0 Å². The number of halogens is 12. The van der Waals surface area contributed by atoms with Gasteiger partial charge in [0.1, 0.15) is 0 Å². The van der Waals surface area contributed by atoms with Gasteiger partial charge in [-0.3, -0.25) is 0 Å².